The number of benzene rings is 1. The van der Waals surface area contributed by atoms with Gasteiger partial charge in [0.05, 0.1) is 41.2 Å². The molecule has 220 valence electrons. The van der Waals surface area contributed by atoms with E-state index in [1.165, 1.54) is 29.2 Å². The van der Waals surface area contributed by atoms with Crippen molar-refractivity contribution in [3.8, 4) is 22.9 Å². The van der Waals surface area contributed by atoms with Gasteiger partial charge in [-0.05, 0) is 25.1 Å². The van der Waals surface area contributed by atoms with Gasteiger partial charge in [0.1, 0.15) is 24.4 Å². The molecule has 0 spiro atoms. The number of aromatic nitrogens is 6. The van der Waals surface area contributed by atoms with Crippen LogP contribution in [-0.2, 0) is 22.2 Å². The van der Waals surface area contributed by atoms with Crippen LogP contribution in [0.3, 0.4) is 0 Å². The third kappa shape index (κ3) is 5.81. The van der Waals surface area contributed by atoms with Crippen LogP contribution in [0.5, 0.6) is 0 Å². The Balaban J connectivity index is 1.54. The van der Waals surface area contributed by atoms with E-state index >= 15 is 0 Å². The Morgan fingerprint density at radius 2 is 2.00 bits per heavy atom. The molecule has 4 atom stereocenters. The molecule has 4 heterocycles. The molecule has 1 saturated heterocycles. The van der Waals surface area contributed by atoms with Crippen molar-refractivity contribution in [3.63, 3.8) is 0 Å². The smallest absolute Gasteiger partial charge is 0.388 e. The van der Waals surface area contributed by atoms with E-state index in [0.717, 1.165) is 12.3 Å². The van der Waals surface area contributed by atoms with Crippen molar-refractivity contribution in [2.75, 3.05) is 6.61 Å². The molecular formula is C25H18Cl2F5N7O3. The molecule has 1 aromatic carbocycles. The average Bonchev–Trinajstić information content (AvgIpc) is 3.57. The first-order chi connectivity index (χ1) is 19.9. The third-order valence-electron chi connectivity index (χ3n) is 6.39. The highest BCUT2D eigenvalue weighted by molar-refractivity contribution is 6.31. The summed E-state index contributed by atoms with van der Waals surface area (Å²) in [5, 5.41) is 28.2. The van der Waals surface area contributed by atoms with Gasteiger partial charge in [-0.15, -0.1) is 5.10 Å². The first-order valence-corrected chi connectivity index (χ1v) is 12.8. The number of hydrogen-bond acceptors (Lipinski definition) is 8. The summed E-state index contributed by atoms with van der Waals surface area (Å²) in [6, 6.07) is 5.03. The molecule has 17 heteroatoms. The van der Waals surface area contributed by atoms with Crippen LogP contribution < -0.4 is 0 Å². The number of nitriles is 1. The van der Waals surface area contributed by atoms with Crippen molar-refractivity contribution < 1.29 is 36.5 Å². The Bertz CT molecular complexity index is 1670. The second-order valence-corrected chi connectivity index (χ2v) is 10.1. The second-order valence-electron chi connectivity index (χ2n) is 9.21. The molecule has 42 heavy (non-hydrogen) atoms. The highest BCUT2D eigenvalue weighted by Crippen LogP contribution is 2.36. The van der Waals surface area contributed by atoms with Crippen molar-refractivity contribution in [1.29, 1.82) is 5.26 Å². The number of alkyl halides is 3. The number of hydrogen-bond donors (Lipinski definition) is 1. The maximum Gasteiger partial charge on any atom is 0.435 e. The average molecular weight is 630 g/mol. The van der Waals surface area contributed by atoms with Crippen LogP contribution in [0.1, 0.15) is 30.4 Å². The number of ether oxygens (including phenoxy) is 2. The van der Waals surface area contributed by atoms with Gasteiger partial charge in [0.15, 0.2) is 23.2 Å². The van der Waals surface area contributed by atoms with Gasteiger partial charge >= 0.3 is 6.18 Å². The van der Waals surface area contributed by atoms with E-state index in [2.05, 4.69) is 20.2 Å². The van der Waals surface area contributed by atoms with E-state index in [9.17, 15) is 32.3 Å². The fourth-order valence-corrected chi connectivity index (χ4v) is 4.51. The van der Waals surface area contributed by atoms with Crippen LogP contribution >= 0.6 is 23.2 Å². The molecular weight excluding hydrogens is 612 g/mol. The van der Waals surface area contributed by atoms with Crippen molar-refractivity contribution in [3.05, 3.63) is 75.8 Å². The number of pyridine rings is 1. The predicted molar refractivity (Wildman–Crippen MR) is 136 cm³/mol. The number of aliphatic hydroxyl groups excluding tert-OH is 1. The maximum absolute atomic E-state index is 14.5. The van der Waals surface area contributed by atoms with Gasteiger partial charge < -0.3 is 14.6 Å². The van der Waals surface area contributed by atoms with Gasteiger partial charge in [-0.25, -0.2) is 18.4 Å². The molecule has 0 bridgehead atoms. The lowest BCUT2D eigenvalue weighted by molar-refractivity contribution is -0.218. The van der Waals surface area contributed by atoms with Crippen LogP contribution in [0.2, 0.25) is 10.0 Å². The molecule has 10 nitrogen and oxygen atoms in total. The summed E-state index contributed by atoms with van der Waals surface area (Å²) in [6.07, 6.45) is -5.67. The van der Waals surface area contributed by atoms with E-state index in [-0.39, 0.29) is 35.1 Å². The van der Waals surface area contributed by atoms with Crippen LogP contribution in [0.25, 0.3) is 16.8 Å². The zero-order valence-corrected chi connectivity index (χ0v) is 22.7. The van der Waals surface area contributed by atoms with E-state index in [0.29, 0.717) is 4.68 Å². The van der Waals surface area contributed by atoms with Crippen LogP contribution in [0, 0.1) is 23.0 Å². The largest absolute Gasteiger partial charge is 0.435 e. The van der Waals surface area contributed by atoms with Crippen LogP contribution in [0.15, 0.2) is 36.8 Å². The van der Waals surface area contributed by atoms with E-state index in [1.54, 1.807) is 13.0 Å². The van der Waals surface area contributed by atoms with Gasteiger partial charge in [-0.1, -0.05) is 23.2 Å². The first-order valence-electron chi connectivity index (χ1n) is 12.1. The molecule has 2 unspecified atom stereocenters. The number of aliphatic hydroxyl groups is 1. The summed E-state index contributed by atoms with van der Waals surface area (Å²) >= 11 is 11.6. The summed E-state index contributed by atoms with van der Waals surface area (Å²) in [6.45, 7) is 1.45. The number of halogens is 7. The Kier molecular flexibility index (Phi) is 8.19. The number of nitrogens with zero attached hydrogens (tertiary/aromatic N) is 7. The molecule has 0 saturated carbocycles. The monoisotopic (exact) mass is 629 g/mol. The Hall–Kier alpha value is -3.68. The van der Waals surface area contributed by atoms with E-state index in [1.807, 2.05) is 0 Å². The number of rotatable bonds is 8. The van der Waals surface area contributed by atoms with Gasteiger partial charge in [-0.2, -0.15) is 28.5 Å². The van der Waals surface area contributed by atoms with Crippen molar-refractivity contribution in [1.82, 2.24) is 29.5 Å². The lowest BCUT2D eigenvalue weighted by Crippen LogP contribution is -2.47. The molecule has 1 fully saturated rings. The van der Waals surface area contributed by atoms with E-state index < -0.39 is 64.5 Å². The minimum absolute atomic E-state index is 0.115. The van der Waals surface area contributed by atoms with Crippen molar-refractivity contribution >= 4 is 23.2 Å². The standard InChI is InChI=1S/C25H18Cl2F5N7O3/c1-11-18(10-41-11)42-22(17(40)9-38-8-12(6-35-38)14-2-3-15(27)21(29)20(14)28)24-36-19(5-33)37-39(24)16-4-13(26)7-34-23(16)25(30,31)32/h2-4,6-8,11,17-18,22,40H,9-10H2,1H3/t11-,17+,18?,22?/m1/s1. The zero-order chi connectivity index (χ0) is 30.3. The highest BCUT2D eigenvalue weighted by atomic mass is 35.5. The van der Waals surface area contributed by atoms with Gasteiger partial charge in [-0.3, -0.25) is 4.68 Å². The van der Waals surface area contributed by atoms with Crippen LogP contribution in [0.4, 0.5) is 22.0 Å². The van der Waals surface area contributed by atoms with Crippen molar-refractivity contribution in [2.24, 2.45) is 0 Å². The van der Waals surface area contributed by atoms with E-state index in [4.69, 9.17) is 32.7 Å². The molecule has 0 radical (unpaired) electrons. The summed E-state index contributed by atoms with van der Waals surface area (Å²) < 4.78 is 83.3. The van der Waals surface area contributed by atoms with Gasteiger partial charge in [0, 0.05) is 23.5 Å². The molecule has 1 aliphatic rings. The minimum Gasteiger partial charge on any atom is -0.388 e. The molecule has 1 N–H and O–H groups in total. The fraction of sp³-hybridized carbons (Fsp3) is 0.320. The molecule has 1 aliphatic heterocycles. The first kappa shape index (κ1) is 29.8. The normalized spacial score (nSPS) is 18.4. The SMILES string of the molecule is C[C@H]1OCC1OC(c1nc(C#N)nn1-c1cc(Cl)cnc1C(F)(F)F)[C@@H](O)Cn1cc(-c2ccc(Cl)c(F)c2F)cn1. The summed E-state index contributed by atoms with van der Waals surface area (Å²) in [5.41, 5.74) is -2.01. The molecule has 3 aromatic heterocycles. The Morgan fingerprint density at radius 1 is 1.24 bits per heavy atom. The summed E-state index contributed by atoms with van der Waals surface area (Å²) in [4.78, 5) is 7.43. The summed E-state index contributed by atoms with van der Waals surface area (Å²) in [7, 11) is 0. The Labute approximate surface area is 243 Å². The topological polar surface area (TPSA) is 124 Å². The van der Waals surface area contributed by atoms with Crippen molar-refractivity contribution in [2.45, 2.75) is 44.1 Å². The van der Waals surface area contributed by atoms with Crippen LogP contribution in [-0.4, -0.2) is 59.6 Å². The summed E-state index contributed by atoms with van der Waals surface area (Å²) in [5.74, 6) is -3.31. The van der Waals surface area contributed by atoms with Gasteiger partial charge in [0.2, 0.25) is 0 Å². The molecule has 0 aliphatic carbocycles. The highest BCUT2D eigenvalue weighted by Gasteiger charge is 2.41. The maximum atomic E-state index is 14.5. The lowest BCUT2D eigenvalue weighted by Gasteiger charge is -2.37. The molecule has 0 amide bonds. The van der Waals surface area contributed by atoms with Gasteiger partial charge in [0.25, 0.3) is 5.82 Å². The Morgan fingerprint density at radius 3 is 2.64 bits per heavy atom. The predicted octanol–water partition coefficient (Wildman–Crippen LogP) is 4.91. The molecule has 5 rings (SSSR count). The lowest BCUT2D eigenvalue weighted by atomic mass is 10.1. The third-order valence-corrected chi connectivity index (χ3v) is 6.89. The quantitative estimate of drug-likeness (QED) is 0.215. The second kappa shape index (κ2) is 11.5. The fourth-order valence-electron chi connectivity index (χ4n) is 4.21. The zero-order valence-electron chi connectivity index (χ0n) is 21.2. The minimum atomic E-state index is -4.94. The molecule has 4 aromatic rings.